The predicted molar refractivity (Wildman–Crippen MR) is 97.2 cm³/mol. The number of benzene rings is 1. The minimum Gasteiger partial charge on any atom is -0.481 e. The van der Waals surface area contributed by atoms with Crippen LogP contribution in [0.5, 0.6) is 0 Å². The van der Waals surface area contributed by atoms with Crippen molar-refractivity contribution in [2.45, 2.75) is 51.6 Å². The van der Waals surface area contributed by atoms with E-state index in [4.69, 9.17) is 5.11 Å². The number of hydrogen-bond acceptors (Lipinski definition) is 4. The molecular formula is C18H23N3O5. The van der Waals surface area contributed by atoms with Gasteiger partial charge in [-0.3, -0.25) is 23.9 Å². The third-order valence-corrected chi connectivity index (χ3v) is 4.72. The summed E-state index contributed by atoms with van der Waals surface area (Å²) in [6, 6.07) is 6.67. The van der Waals surface area contributed by atoms with Crippen molar-refractivity contribution in [2.24, 2.45) is 0 Å². The molecule has 0 atom stereocenters. The Balaban J connectivity index is 2.20. The Morgan fingerprint density at radius 2 is 1.85 bits per heavy atom. The summed E-state index contributed by atoms with van der Waals surface area (Å²) >= 11 is 0. The van der Waals surface area contributed by atoms with E-state index in [1.54, 1.807) is 24.3 Å². The summed E-state index contributed by atoms with van der Waals surface area (Å²) in [7, 11) is 0. The summed E-state index contributed by atoms with van der Waals surface area (Å²) in [6.45, 7) is 3.73. The normalized spacial score (nSPS) is 11.5. The summed E-state index contributed by atoms with van der Waals surface area (Å²) in [5, 5.41) is 12.3. The van der Waals surface area contributed by atoms with Crippen LogP contribution >= 0.6 is 0 Å². The third-order valence-electron chi connectivity index (χ3n) is 4.72. The second-order valence-electron chi connectivity index (χ2n) is 6.28. The van der Waals surface area contributed by atoms with Gasteiger partial charge in [0.2, 0.25) is 5.91 Å². The van der Waals surface area contributed by atoms with Crippen molar-refractivity contribution in [2.75, 3.05) is 0 Å². The van der Waals surface area contributed by atoms with Crippen LogP contribution in [0, 0.1) is 0 Å². The van der Waals surface area contributed by atoms with Crippen molar-refractivity contribution in [1.29, 1.82) is 0 Å². The summed E-state index contributed by atoms with van der Waals surface area (Å²) < 4.78 is 1.34. The van der Waals surface area contributed by atoms with E-state index in [-0.39, 0.29) is 25.3 Å². The van der Waals surface area contributed by atoms with Crippen molar-refractivity contribution in [3.8, 4) is 0 Å². The van der Waals surface area contributed by atoms with Gasteiger partial charge in [-0.1, -0.05) is 26.0 Å². The Hall–Kier alpha value is -2.90. The van der Waals surface area contributed by atoms with Crippen LogP contribution in [0.2, 0.25) is 0 Å². The number of hydrogen-bond donors (Lipinski definition) is 3. The van der Waals surface area contributed by atoms with E-state index < -0.39 is 22.8 Å². The molecule has 26 heavy (non-hydrogen) atoms. The number of carboxylic acids is 1. The van der Waals surface area contributed by atoms with Crippen molar-refractivity contribution < 1.29 is 14.7 Å². The first-order valence-corrected chi connectivity index (χ1v) is 8.56. The lowest BCUT2D eigenvalue weighted by molar-refractivity contribution is -0.139. The fourth-order valence-corrected chi connectivity index (χ4v) is 3.05. The van der Waals surface area contributed by atoms with E-state index in [0.717, 1.165) is 0 Å². The monoisotopic (exact) mass is 361 g/mol. The predicted octanol–water partition coefficient (Wildman–Crippen LogP) is 1.23. The molecule has 1 aromatic carbocycles. The zero-order chi connectivity index (χ0) is 19.3. The Bertz CT molecular complexity index is 924. The highest BCUT2D eigenvalue weighted by atomic mass is 16.4. The molecule has 0 spiro atoms. The van der Waals surface area contributed by atoms with Gasteiger partial charge in [0, 0.05) is 18.5 Å². The van der Waals surface area contributed by atoms with E-state index in [0.29, 0.717) is 23.7 Å². The molecule has 1 heterocycles. The van der Waals surface area contributed by atoms with E-state index in [9.17, 15) is 19.2 Å². The molecular weight excluding hydrogens is 338 g/mol. The van der Waals surface area contributed by atoms with Gasteiger partial charge in [-0.2, -0.15) is 0 Å². The lowest BCUT2D eigenvalue weighted by Gasteiger charge is -2.31. The number of para-hydroxylation sites is 1. The average Bonchev–Trinajstić information content (AvgIpc) is 2.60. The maximum absolute atomic E-state index is 12.4. The Morgan fingerprint density at radius 1 is 1.19 bits per heavy atom. The maximum atomic E-state index is 12.4. The van der Waals surface area contributed by atoms with Gasteiger partial charge < -0.3 is 10.4 Å². The van der Waals surface area contributed by atoms with E-state index >= 15 is 0 Å². The quantitative estimate of drug-likeness (QED) is 0.653. The van der Waals surface area contributed by atoms with Crippen LogP contribution in [0.25, 0.3) is 10.9 Å². The van der Waals surface area contributed by atoms with Crippen molar-refractivity contribution in [3.05, 3.63) is 45.1 Å². The first-order valence-electron chi connectivity index (χ1n) is 8.56. The fraction of sp³-hybridized carbons (Fsp3) is 0.444. The molecule has 0 fully saturated rings. The summed E-state index contributed by atoms with van der Waals surface area (Å²) in [5.74, 6) is -1.31. The second-order valence-corrected chi connectivity index (χ2v) is 6.28. The fourth-order valence-electron chi connectivity index (χ4n) is 3.05. The van der Waals surface area contributed by atoms with Crippen LogP contribution < -0.4 is 16.6 Å². The molecule has 3 N–H and O–H groups in total. The average molecular weight is 361 g/mol. The molecule has 0 radical (unpaired) electrons. The number of rotatable bonds is 8. The van der Waals surface area contributed by atoms with Crippen LogP contribution in [0.15, 0.2) is 33.9 Å². The Kier molecular flexibility index (Phi) is 5.97. The van der Waals surface area contributed by atoms with Crippen LogP contribution in [0.4, 0.5) is 0 Å². The lowest BCUT2D eigenvalue weighted by atomic mass is 9.89. The number of aromatic nitrogens is 2. The van der Waals surface area contributed by atoms with Crippen molar-refractivity contribution >= 4 is 22.8 Å². The lowest BCUT2D eigenvalue weighted by Crippen LogP contribution is -2.49. The Morgan fingerprint density at radius 3 is 2.46 bits per heavy atom. The number of amides is 1. The topological polar surface area (TPSA) is 121 Å². The number of aryl methyl sites for hydroxylation is 1. The number of fused-ring (bicyclic) bond motifs is 1. The SMILES string of the molecule is CCC(CC)(CC(=O)O)NC(=O)CCn1c(=O)[nH]c(=O)c2ccccc21. The number of aliphatic carboxylic acids is 1. The van der Waals surface area contributed by atoms with E-state index in [1.165, 1.54) is 4.57 Å². The minimum absolute atomic E-state index is 0.00266. The molecule has 140 valence electrons. The van der Waals surface area contributed by atoms with Crippen LogP contribution in [0.3, 0.4) is 0 Å². The van der Waals surface area contributed by atoms with Gasteiger partial charge in [-0.05, 0) is 25.0 Å². The molecule has 2 rings (SSSR count). The van der Waals surface area contributed by atoms with Gasteiger partial charge in [0.25, 0.3) is 5.56 Å². The third kappa shape index (κ3) is 4.19. The standard InChI is InChI=1S/C18H23N3O5/c1-3-18(4-2,11-15(23)24)20-14(22)9-10-21-13-8-6-5-7-12(13)16(25)19-17(21)26/h5-8H,3-4,9-11H2,1-2H3,(H,20,22)(H,23,24)(H,19,25,26). The molecule has 0 aliphatic rings. The van der Waals surface area contributed by atoms with Crippen molar-refractivity contribution in [3.63, 3.8) is 0 Å². The highest BCUT2D eigenvalue weighted by Crippen LogP contribution is 2.20. The molecule has 1 aromatic heterocycles. The number of nitrogens with zero attached hydrogens (tertiary/aromatic N) is 1. The van der Waals surface area contributed by atoms with Crippen LogP contribution in [-0.2, 0) is 16.1 Å². The molecule has 1 amide bonds. The molecule has 8 heteroatoms. The highest BCUT2D eigenvalue weighted by molar-refractivity contribution is 5.80. The summed E-state index contributed by atoms with van der Waals surface area (Å²) in [6.07, 6.45) is 0.816. The first-order chi connectivity index (χ1) is 12.3. The molecule has 2 aromatic rings. The molecule has 0 saturated heterocycles. The Labute approximate surface area is 149 Å². The van der Waals surface area contributed by atoms with Crippen LogP contribution in [0.1, 0.15) is 39.5 Å². The van der Waals surface area contributed by atoms with E-state index in [1.807, 2.05) is 13.8 Å². The molecule has 0 unspecified atom stereocenters. The number of carboxylic acid groups (broad SMARTS) is 1. The number of aromatic amines is 1. The zero-order valence-corrected chi connectivity index (χ0v) is 14.9. The van der Waals surface area contributed by atoms with Gasteiger partial charge in [-0.25, -0.2) is 4.79 Å². The van der Waals surface area contributed by atoms with E-state index in [2.05, 4.69) is 10.3 Å². The van der Waals surface area contributed by atoms with Gasteiger partial charge in [0.15, 0.2) is 0 Å². The molecule has 8 nitrogen and oxygen atoms in total. The molecule has 0 aliphatic carbocycles. The van der Waals surface area contributed by atoms with Gasteiger partial charge >= 0.3 is 11.7 Å². The number of carbonyl (C=O) groups excluding carboxylic acids is 1. The largest absolute Gasteiger partial charge is 0.481 e. The second kappa shape index (κ2) is 7.99. The molecule has 0 bridgehead atoms. The van der Waals surface area contributed by atoms with Gasteiger partial charge in [-0.15, -0.1) is 0 Å². The van der Waals surface area contributed by atoms with Crippen LogP contribution in [-0.4, -0.2) is 32.1 Å². The number of H-pyrrole nitrogens is 1. The number of carbonyl (C=O) groups is 2. The zero-order valence-electron chi connectivity index (χ0n) is 14.9. The summed E-state index contributed by atoms with van der Waals surface area (Å²) in [5.41, 5.74) is -1.40. The minimum atomic E-state index is -0.975. The molecule has 0 aliphatic heterocycles. The first kappa shape index (κ1) is 19.4. The van der Waals surface area contributed by atoms with Gasteiger partial charge in [0.1, 0.15) is 0 Å². The molecule has 0 saturated carbocycles. The smallest absolute Gasteiger partial charge is 0.328 e. The maximum Gasteiger partial charge on any atom is 0.328 e. The highest BCUT2D eigenvalue weighted by Gasteiger charge is 2.30. The van der Waals surface area contributed by atoms with Gasteiger partial charge in [0.05, 0.1) is 17.3 Å². The summed E-state index contributed by atoms with van der Waals surface area (Å²) in [4.78, 5) is 49.6. The van der Waals surface area contributed by atoms with Crippen molar-refractivity contribution in [1.82, 2.24) is 14.9 Å². The number of nitrogens with one attached hydrogen (secondary N) is 2.